The molecule has 2 aromatic heterocycles. The Kier molecular flexibility index (Phi) is 5.77. The van der Waals surface area contributed by atoms with Crippen molar-refractivity contribution in [3.8, 4) is 33.8 Å². The van der Waals surface area contributed by atoms with Crippen molar-refractivity contribution in [2.45, 2.75) is 0 Å². The molecule has 172 valence electrons. The number of amides is 1. The molecule has 36 heavy (non-hydrogen) atoms. The van der Waals surface area contributed by atoms with Crippen LogP contribution in [0.4, 0.5) is 5.13 Å². The summed E-state index contributed by atoms with van der Waals surface area (Å²) in [6, 6.07) is 35.3. The van der Waals surface area contributed by atoms with E-state index in [0.717, 1.165) is 39.3 Å². The summed E-state index contributed by atoms with van der Waals surface area (Å²) in [5.41, 5.74) is 7.28. The van der Waals surface area contributed by atoms with E-state index in [0.29, 0.717) is 16.2 Å². The maximum Gasteiger partial charge on any atom is 0.257 e. The molecule has 1 N–H and O–H groups in total. The number of hydrogen-bond acceptors (Lipinski definition) is 5. The van der Waals surface area contributed by atoms with Gasteiger partial charge in [0.1, 0.15) is 0 Å². The molecule has 0 aliphatic rings. The van der Waals surface area contributed by atoms with Gasteiger partial charge in [0, 0.05) is 27.6 Å². The predicted octanol–water partition coefficient (Wildman–Crippen LogP) is 7.34. The van der Waals surface area contributed by atoms with Gasteiger partial charge in [0.15, 0.2) is 5.13 Å². The molecule has 6 rings (SSSR count). The lowest BCUT2D eigenvalue weighted by Gasteiger charge is -2.11. The van der Waals surface area contributed by atoms with E-state index < -0.39 is 0 Å². The Morgan fingerprint density at radius 3 is 1.78 bits per heavy atom. The molecule has 6 aromatic rings. The first-order valence-electron chi connectivity index (χ1n) is 11.5. The predicted molar refractivity (Wildman–Crippen MR) is 146 cm³/mol. The molecular weight excluding hydrogens is 464 g/mol. The highest BCUT2D eigenvalue weighted by molar-refractivity contribution is 7.14. The van der Waals surface area contributed by atoms with Crippen LogP contribution in [0.15, 0.2) is 115 Å². The number of carbonyl (C=O) groups excluding carboxylic acids is 1. The molecule has 0 bridgehead atoms. The van der Waals surface area contributed by atoms with Crippen molar-refractivity contribution < 1.29 is 4.79 Å². The summed E-state index contributed by atoms with van der Waals surface area (Å²) in [6.45, 7) is 0. The number of rotatable bonds is 5. The molecule has 0 radical (unpaired) electrons. The number of thiazole rings is 1. The van der Waals surface area contributed by atoms with E-state index in [1.54, 1.807) is 12.1 Å². The highest BCUT2D eigenvalue weighted by Gasteiger charge is 2.15. The maximum atomic E-state index is 13.1. The van der Waals surface area contributed by atoms with Gasteiger partial charge in [-0.1, -0.05) is 91.0 Å². The van der Waals surface area contributed by atoms with Crippen LogP contribution in [0, 0.1) is 0 Å². The van der Waals surface area contributed by atoms with E-state index in [9.17, 15) is 4.79 Å². The largest absolute Gasteiger partial charge is 0.298 e. The number of anilines is 1. The first kappa shape index (κ1) is 21.8. The number of hydrogen-bond donors (Lipinski definition) is 1. The molecule has 0 atom stereocenters. The lowest BCUT2D eigenvalue weighted by atomic mass is 10.0. The lowest BCUT2D eigenvalue weighted by molar-refractivity contribution is 0.102. The zero-order valence-electron chi connectivity index (χ0n) is 19.1. The fourth-order valence-corrected chi connectivity index (χ4v) is 4.75. The van der Waals surface area contributed by atoms with Gasteiger partial charge < -0.3 is 0 Å². The second-order valence-corrected chi connectivity index (χ2v) is 9.07. The standard InChI is InChI=1S/C30H20N4OS/c35-29(34-30-33-26(19-36-30)20-10-4-1-5-11-20)23-16-17-24-25(18-23)32-28(22-14-8-3-9-15-22)27(31-24)21-12-6-2-7-13-21/h1-19H,(H,33,34,35). The van der Waals surface area contributed by atoms with Gasteiger partial charge in [0.2, 0.25) is 0 Å². The van der Waals surface area contributed by atoms with Crippen molar-refractivity contribution >= 4 is 33.4 Å². The Morgan fingerprint density at radius 1 is 0.611 bits per heavy atom. The third kappa shape index (κ3) is 4.37. The molecule has 0 aliphatic heterocycles. The monoisotopic (exact) mass is 484 g/mol. The first-order valence-corrected chi connectivity index (χ1v) is 12.4. The van der Waals surface area contributed by atoms with E-state index >= 15 is 0 Å². The van der Waals surface area contributed by atoms with Crippen LogP contribution in [-0.2, 0) is 0 Å². The first-order chi connectivity index (χ1) is 17.7. The molecule has 0 aliphatic carbocycles. The molecule has 5 nitrogen and oxygen atoms in total. The molecule has 2 heterocycles. The van der Waals surface area contributed by atoms with Crippen molar-refractivity contribution in [1.82, 2.24) is 15.0 Å². The second-order valence-electron chi connectivity index (χ2n) is 8.21. The van der Waals surface area contributed by atoms with Gasteiger partial charge in [-0.15, -0.1) is 11.3 Å². The van der Waals surface area contributed by atoms with Crippen LogP contribution in [0.1, 0.15) is 10.4 Å². The molecule has 4 aromatic carbocycles. The Labute approximate surface area is 212 Å². The molecule has 0 saturated heterocycles. The lowest BCUT2D eigenvalue weighted by Crippen LogP contribution is -2.11. The number of aromatic nitrogens is 3. The Hall–Kier alpha value is -4.68. The normalized spacial score (nSPS) is 10.9. The Balaban J connectivity index is 1.35. The van der Waals surface area contributed by atoms with Crippen LogP contribution in [0.2, 0.25) is 0 Å². The van der Waals surface area contributed by atoms with Crippen molar-refractivity contribution in [3.05, 3.63) is 120 Å². The summed E-state index contributed by atoms with van der Waals surface area (Å²) in [5.74, 6) is -0.235. The molecule has 0 spiro atoms. The summed E-state index contributed by atoms with van der Waals surface area (Å²) in [7, 11) is 0. The van der Waals surface area contributed by atoms with E-state index in [4.69, 9.17) is 9.97 Å². The average molecular weight is 485 g/mol. The van der Waals surface area contributed by atoms with Crippen LogP contribution >= 0.6 is 11.3 Å². The Bertz CT molecular complexity index is 1670. The summed E-state index contributed by atoms with van der Waals surface area (Å²) >= 11 is 1.40. The highest BCUT2D eigenvalue weighted by atomic mass is 32.1. The number of nitrogens with zero attached hydrogens (tertiary/aromatic N) is 3. The smallest absolute Gasteiger partial charge is 0.257 e. The second kappa shape index (κ2) is 9.52. The summed E-state index contributed by atoms with van der Waals surface area (Å²) in [5, 5.41) is 5.41. The van der Waals surface area contributed by atoms with Gasteiger partial charge in [-0.25, -0.2) is 15.0 Å². The van der Waals surface area contributed by atoms with Crippen LogP contribution in [0.3, 0.4) is 0 Å². The number of benzene rings is 4. The highest BCUT2D eigenvalue weighted by Crippen LogP contribution is 2.31. The molecule has 1 amide bonds. The van der Waals surface area contributed by atoms with Gasteiger partial charge in [0.25, 0.3) is 5.91 Å². The summed E-state index contributed by atoms with van der Waals surface area (Å²) in [4.78, 5) is 27.5. The zero-order chi connectivity index (χ0) is 24.3. The molecular formula is C30H20N4OS. The molecule has 0 unspecified atom stereocenters. The van der Waals surface area contributed by atoms with E-state index in [1.165, 1.54) is 11.3 Å². The van der Waals surface area contributed by atoms with Gasteiger partial charge in [-0.05, 0) is 18.2 Å². The van der Waals surface area contributed by atoms with Crippen LogP contribution < -0.4 is 5.32 Å². The van der Waals surface area contributed by atoms with Crippen molar-refractivity contribution in [2.75, 3.05) is 5.32 Å². The topological polar surface area (TPSA) is 67.8 Å². The third-order valence-corrected chi connectivity index (χ3v) is 6.57. The molecule has 0 saturated carbocycles. The van der Waals surface area contributed by atoms with Crippen molar-refractivity contribution in [1.29, 1.82) is 0 Å². The van der Waals surface area contributed by atoms with Crippen LogP contribution in [0.25, 0.3) is 44.8 Å². The zero-order valence-corrected chi connectivity index (χ0v) is 19.9. The van der Waals surface area contributed by atoms with Crippen molar-refractivity contribution in [2.24, 2.45) is 0 Å². The number of fused-ring (bicyclic) bond motifs is 1. The maximum absolute atomic E-state index is 13.1. The Morgan fingerprint density at radius 2 is 1.17 bits per heavy atom. The van der Waals surface area contributed by atoms with E-state index in [-0.39, 0.29) is 5.91 Å². The minimum atomic E-state index is -0.235. The fraction of sp³-hybridized carbons (Fsp3) is 0. The number of nitrogens with one attached hydrogen (secondary N) is 1. The van der Waals surface area contributed by atoms with E-state index in [2.05, 4.69) is 10.3 Å². The van der Waals surface area contributed by atoms with Crippen LogP contribution in [0.5, 0.6) is 0 Å². The van der Waals surface area contributed by atoms with Crippen LogP contribution in [-0.4, -0.2) is 20.9 Å². The van der Waals surface area contributed by atoms with Gasteiger partial charge in [-0.2, -0.15) is 0 Å². The minimum absolute atomic E-state index is 0.235. The van der Waals surface area contributed by atoms with E-state index in [1.807, 2.05) is 102 Å². The fourth-order valence-electron chi connectivity index (χ4n) is 4.03. The van der Waals surface area contributed by atoms with Gasteiger partial charge in [0.05, 0.1) is 28.1 Å². The molecule has 6 heteroatoms. The number of carbonyl (C=O) groups is 1. The molecule has 0 fully saturated rings. The third-order valence-electron chi connectivity index (χ3n) is 5.82. The average Bonchev–Trinajstić information content (AvgIpc) is 3.42. The van der Waals surface area contributed by atoms with Gasteiger partial charge in [-0.3, -0.25) is 10.1 Å². The summed E-state index contributed by atoms with van der Waals surface area (Å²) in [6.07, 6.45) is 0. The summed E-state index contributed by atoms with van der Waals surface area (Å²) < 4.78 is 0. The SMILES string of the molecule is O=C(Nc1nc(-c2ccccc2)cs1)c1ccc2nc(-c3ccccc3)c(-c3ccccc3)nc2c1. The van der Waals surface area contributed by atoms with Crippen molar-refractivity contribution in [3.63, 3.8) is 0 Å². The van der Waals surface area contributed by atoms with Gasteiger partial charge >= 0.3 is 0 Å². The quantitative estimate of drug-likeness (QED) is 0.278. The minimum Gasteiger partial charge on any atom is -0.298 e.